The molecule has 0 saturated heterocycles. The zero-order valence-corrected chi connectivity index (χ0v) is 43.5. The van der Waals surface area contributed by atoms with Crippen molar-refractivity contribution in [3.05, 3.63) is 144 Å². The van der Waals surface area contributed by atoms with Crippen LogP contribution in [0.15, 0.2) is 121 Å². The highest BCUT2D eigenvalue weighted by atomic mass is 32.2. The molecule has 5 aromatic carbocycles. The molecule has 13 heteroatoms. The number of rotatable bonds is 33. The zero-order valence-electron chi connectivity index (χ0n) is 41.9. The van der Waals surface area contributed by atoms with Crippen LogP contribution in [0.2, 0.25) is 0 Å². The number of carbonyl (C=O) groups is 4. The molecule has 0 amide bonds. The van der Waals surface area contributed by atoms with Gasteiger partial charge in [0.15, 0.2) is 0 Å². The van der Waals surface area contributed by atoms with Crippen LogP contribution in [0.3, 0.4) is 0 Å². The highest BCUT2D eigenvalue weighted by Crippen LogP contribution is 2.25. The first kappa shape index (κ1) is 56.7. The monoisotopic (exact) mass is 1020 g/mol. The van der Waals surface area contributed by atoms with Gasteiger partial charge < -0.3 is 33.2 Å². The lowest BCUT2D eigenvalue weighted by atomic mass is 10.1. The van der Waals surface area contributed by atoms with Crippen molar-refractivity contribution in [3.8, 4) is 34.5 Å². The van der Waals surface area contributed by atoms with Crippen LogP contribution in [-0.2, 0) is 4.74 Å². The average Bonchev–Trinajstić information content (AvgIpc) is 3.39. The summed E-state index contributed by atoms with van der Waals surface area (Å²) in [6.07, 6.45) is 21.9. The zero-order chi connectivity index (χ0) is 51.0. The third-order valence-corrected chi connectivity index (χ3v) is 12.9. The number of esters is 4. The lowest BCUT2D eigenvalue weighted by molar-refractivity contribution is 0.0723. The second-order valence-electron chi connectivity index (χ2n) is 17.4. The van der Waals surface area contributed by atoms with Gasteiger partial charge in [0.2, 0.25) is 4.38 Å². The predicted molar refractivity (Wildman–Crippen MR) is 288 cm³/mol. The van der Waals surface area contributed by atoms with Crippen LogP contribution in [-0.4, -0.2) is 53.8 Å². The summed E-state index contributed by atoms with van der Waals surface area (Å²) in [4.78, 5) is 51.7. The maximum Gasteiger partial charge on any atom is 0.343 e. The van der Waals surface area contributed by atoms with Crippen molar-refractivity contribution in [3.63, 3.8) is 0 Å². The molecule has 0 fully saturated rings. The predicted octanol–water partition coefficient (Wildman–Crippen LogP) is 15.4. The number of ether oxygens (including phenoxy) is 7. The molecule has 5 rings (SSSR count). The summed E-state index contributed by atoms with van der Waals surface area (Å²) in [7, 11) is 0. The van der Waals surface area contributed by atoms with E-state index in [0.29, 0.717) is 46.8 Å². The molecule has 0 spiro atoms. The number of benzene rings is 5. The lowest BCUT2D eigenvalue weighted by Crippen LogP contribution is -2.11. The molecular formula is C59H70O11S2. The Morgan fingerprint density at radius 3 is 1.07 bits per heavy atom. The van der Waals surface area contributed by atoms with Crippen molar-refractivity contribution in [2.45, 2.75) is 129 Å². The molecule has 0 bridgehead atoms. The first-order valence-electron chi connectivity index (χ1n) is 25.6. The van der Waals surface area contributed by atoms with Gasteiger partial charge in [0, 0.05) is 11.8 Å². The fraction of sp³-hybridized carbons (Fsp3) is 0.407. The summed E-state index contributed by atoms with van der Waals surface area (Å²) >= 11 is 6.77. The number of thioether (sulfide) groups is 1. The van der Waals surface area contributed by atoms with Gasteiger partial charge in [-0.15, -0.1) is 0 Å². The smallest absolute Gasteiger partial charge is 0.343 e. The van der Waals surface area contributed by atoms with Gasteiger partial charge in [0.25, 0.3) is 0 Å². The molecule has 0 aliphatic rings. The Hall–Kier alpha value is -6.18. The summed E-state index contributed by atoms with van der Waals surface area (Å²) in [5.41, 5.74) is 1.16. The minimum absolute atomic E-state index is 0.150. The Kier molecular flexibility index (Phi) is 26.4. The van der Waals surface area contributed by atoms with Gasteiger partial charge in [-0.3, -0.25) is 0 Å². The van der Waals surface area contributed by atoms with E-state index in [0.717, 1.165) is 37.9 Å². The molecule has 0 aliphatic carbocycles. The largest absolute Gasteiger partial charge is 0.494 e. The lowest BCUT2D eigenvalue weighted by Gasteiger charge is -2.09. The molecule has 0 aliphatic heterocycles. The number of hydrogen-bond donors (Lipinski definition) is 0. The molecule has 5 aromatic rings. The Bertz CT molecular complexity index is 2380. The Morgan fingerprint density at radius 2 is 0.708 bits per heavy atom. The van der Waals surface area contributed by atoms with E-state index < -0.39 is 23.9 Å². The molecule has 0 heterocycles. The second kappa shape index (κ2) is 33.5. The molecule has 0 unspecified atom stereocenters. The molecule has 0 saturated carbocycles. The highest BCUT2D eigenvalue weighted by molar-refractivity contribution is 8.22. The van der Waals surface area contributed by atoms with Crippen molar-refractivity contribution in [2.24, 2.45) is 0 Å². The van der Waals surface area contributed by atoms with E-state index in [-0.39, 0.29) is 34.1 Å². The highest BCUT2D eigenvalue weighted by Gasteiger charge is 2.16. The molecule has 0 radical (unpaired) electrons. The third kappa shape index (κ3) is 22.1. The van der Waals surface area contributed by atoms with Crippen molar-refractivity contribution in [1.82, 2.24) is 0 Å². The number of thiocarbonyl (C=S) groups is 1. The van der Waals surface area contributed by atoms with Gasteiger partial charge >= 0.3 is 23.9 Å². The molecular weight excluding hydrogens is 949 g/mol. The maximum atomic E-state index is 13.0. The first-order valence-corrected chi connectivity index (χ1v) is 27.0. The Balaban J connectivity index is 0.949. The number of hydrogen-bond acceptors (Lipinski definition) is 13. The van der Waals surface area contributed by atoms with Gasteiger partial charge in [-0.25, -0.2) is 19.2 Å². The molecule has 384 valence electrons. The maximum absolute atomic E-state index is 13.0. The average molecular weight is 1020 g/mol. The van der Waals surface area contributed by atoms with E-state index in [1.807, 2.05) is 6.92 Å². The molecule has 0 N–H and O–H groups in total. The van der Waals surface area contributed by atoms with Crippen LogP contribution in [0.1, 0.15) is 171 Å². The minimum Gasteiger partial charge on any atom is -0.494 e. The molecule has 0 atom stereocenters. The summed E-state index contributed by atoms with van der Waals surface area (Å²) in [5, 5.41) is 0. The fourth-order valence-corrected chi connectivity index (χ4v) is 8.59. The Morgan fingerprint density at radius 1 is 0.389 bits per heavy atom. The van der Waals surface area contributed by atoms with E-state index in [1.54, 1.807) is 78.5 Å². The van der Waals surface area contributed by atoms with E-state index in [2.05, 4.69) is 6.92 Å². The van der Waals surface area contributed by atoms with Crippen molar-refractivity contribution in [1.29, 1.82) is 0 Å². The topological polar surface area (TPSA) is 133 Å². The van der Waals surface area contributed by atoms with E-state index in [9.17, 15) is 19.2 Å². The summed E-state index contributed by atoms with van der Waals surface area (Å²) in [6, 6.07) is 31.7. The minimum atomic E-state index is -0.665. The molecule has 0 aromatic heterocycles. The van der Waals surface area contributed by atoms with Gasteiger partial charge in [-0.05, 0) is 148 Å². The van der Waals surface area contributed by atoms with Crippen LogP contribution < -0.4 is 28.4 Å². The van der Waals surface area contributed by atoms with E-state index >= 15 is 0 Å². The van der Waals surface area contributed by atoms with Crippen molar-refractivity contribution in [2.75, 3.05) is 25.6 Å². The van der Waals surface area contributed by atoms with Crippen LogP contribution >= 0.6 is 24.0 Å². The van der Waals surface area contributed by atoms with E-state index in [4.69, 9.17) is 45.4 Å². The number of carbonyl (C=O) groups excluding carboxylic acids is 4. The standard InChI is InChI=1S/C59H70O11S2/c1-3-5-6-7-8-9-10-13-16-19-41-65-49-33-25-45(26-34-49)55(60)67-51-37-29-47(30-38-51)57(62)69-53-23-22-24-54(44-53)70-58(63)48-31-39-52(40-32-48)68-56(61)46-27-35-50(36-28-46)66-42-20-17-14-11-12-15-18-21-43-72-59(71)64-4-2/h22-40,44H,3-21,41-43H2,1-2H3. The SMILES string of the molecule is CCCCCCCCCCCCOc1ccc(C(=O)Oc2ccc(C(=O)Oc3cccc(OC(=O)c4ccc(OC(=O)c5ccc(OCCCCCCCCCCSC(=S)OCC)cc5)cc4)c3)cc2)cc1. The molecule has 72 heavy (non-hydrogen) atoms. The second-order valence-corrected chi connectivity index (χ2v) is 19.1. The third-order valence-electron chi connectivity index (χ3n) is 11.6. The quantitative estimate of drug-likeness (QED) is 0.0171. The van der Waals surface area contributed by atoms with Crippen LogP contribution in [0, 0.1) is 0 Å². The van der Waals surface area contributed by atoms with Crippen LogP contribution in [0.4, 0.5) is 0 Å². The van der Waals surface area contributed by atoms with Gasteiger partial charge in [-0.1, -0.05) is 121 Å². The van der Waals surface area contributed by atoms with Gasteiger partial charge in [0.05, 0.1) is 42.1 Å². The van der Waals surface area contributed by atoms with Crippen molar-refractivity contribution >= 4 is 52.2 Å². The van der Waals surface area contributed by atoms with Gasteiger partial charge in [0.1, 0.15) is 34.5 Å². The fourth-order valence-electron chi connectivity index (χ4n) is 7.51. The van der Waals surface area contributed by atoms with Gasteiger partial charge in [-0.2, -0.15) is 0 Å². The molecule has 11 nitrogen and oxygen atoms in total. The Labute approximate surface area is 435 Å². The summed E-state index contributed by atoms with van der Waals surface area (Å²) in [5.74, 6) is 0.803. The van der Waals surface area contributed by atoms with Crippen LogP contribution in [0.5, 0.6) is 34.5 Å². The summed E-state index contributed by atoms with van der Waals surface area (Å²) < 4.78 is 39.8. The van der Waals surface area contributed by atoms with E-state index in [1.165, 1.54) is 138 Å². The number of unbranched alkanes of at least 4 members (excludes halogenated alkanes) is 16. The first-order chi connectivity index (χ1) is 35.2. The summed E-state index contributed by atoms with van der Waals surface area (Å²) in [6.45, 7) is 6.07. The van der Waals surface area contributed by atoms with Crippen molar-refractivity contribution < 1.29 is 52.3 Å². The normalized spacial score (nSPS) is 10.8. The van der Waals surface area contributed by atoms with Crippen LogP contribution in [0.25, 0.3) is 0 Å².